The van der Waals surface area contributed by atoms with E-state index < -0.39 is 0 Å². The van der Waals surface area contributed by atoms with Gasteiger partial charge >= 0.3 is 0 Å². The van der Waals surface area contributed by atoms with Crippen molar-refractivity contribution in [2.24, 2.45) is 5.92 Å². The van der Waals surface area contributed by atoms with Crippen molar-refractivity contribution in [3.63, 3.8) is 0 Å². The third-order valence-corrected chi connectivity index (χ3v) is 6.23. The summed E-state index contributed by atoms with van der Waals surface area (Å²) in [7, 11) is 0. The van der Waals surface area contributed by atoms with Crippen molar-refractivity contribution < 1.29 is 14.3 Å². The topological polar surface area (TPSA) is 42.0 Å². The molecule has 24 heavy (non-hydrogen) atoms. The second-order valence-electron chi connectivity index (χ2n) is 7.33. The normalized spacial score (nSPS) is 31.7. The van der Waals surface area contributed by atoms with Gasteiger partial charge in [-0.1, -0.05) is 6.07 Å². The molecule has 0 aromatic carbocycles. The summed E-state index contributed by atoms with van der Waals surface area (Å²) < 4.78 is 12.1. The molecule has 3 aliphatic rings. The van der Waals surface area contributed by atoms with Crippen LogP contribution in [0.1, 0.15) is 28.9 Å². The fourth-order valence-corrected chi connectivity index (χ4v) is 4.92. The zero-order valence-electron chi connectivity index (χ0n) is 14.1. The first kappa shape index (κ1) is 16.5. The molecule has 1 aromatic rings. The zero-order valence-corrected chi connectivity index (χ0v) is 14.9. The molecule has 6 heteroatoms. The van der Waals surface area contributed by atoms with E-state index in [-0.39, 0.29) is 11.5 Å². The monoisotopic (exact) mass is 350 g/mol. The van der Waals surface area contributed by atoms with Gasteiger partial charge in [0.15, 0.2) is 0 Å². The lowest BCUT2D eigenvalue weighted by Gasteiger charge is -2.31. The Bertz CT molecular complexity index is 559. The molecule has 3 aliphatic heterocycles. The molecule has 0 bridgehead atoms. The molecule has 3 fully saturated rings. The Balaban J connectivity index is 1.41. The molecule has 0 N–H and O–H groups in total. The van der Waals surface area contributed by atoms with Crippen molar-refractivity contribution in [2.75, 3.05) is 52.5 Å². The molecule has 2 atom stereocenters. The maximum atomic E-state index is 12.7. The number of nitrogens with zero attached hydrogens (tertiary/aromatic N) is 2. The molecule has 4 heterocycles. The first-order chi connectivity index (χ1) is 11.7. The van der Waals surface area contributed by atoms with Crippen molar-refractivity contribution in [2.45, 2.75) is 24.9 Å². The van der Waals surface area contributed by atoms with E-state index in [1.54, 1.807) is 0 Å². The summed E-state index contributed by atoms with van der Waals surface area (Å²) in [6.07, 6.45) is 3.65. The van der Waals surface area contributed by atoms with Crippen LogP contribution in [0.4, 0.5) is 0 Å². The summed E-state index contributed by atoms with van der Waals surface area (Å²) in [6, 6.07) is 3.83. The van der Waals surface area contributed by atoms with E-state index in [0.717, 1.165) is 24.4 Å². The predicted molar refractivity (Wildman–Crippen MR) is 93.5 cm³/mol. The van der Waals surface area contributed by atoms with Gasteiger partial charge < -0.3 is 19.3 Å². The number of carbonyl (C=O) groups is 1. The van der Waals surface area contributed by atoms with Crippen LogP contribution in [0.5, 0.6) is 0 Å². The maximum absolute atomic E-state index is 12.7. The van der Waals surface area contributed by atoms with E-state index in [2.05, 4.69) is 4.90 Å². The molecule has 132 valence electrons. The Morgan fingerprint density at radius 2 is 2.21 bits per heavy atom. The van der Waals surface area contributed by atoms with Crippen molar-refractivity contribution in [3.05, 3.63) is 22.4 Å². The Hall–Kier alpha value is -0.950. The number of amides is 1. The molecule has 0 radical (unpaired) electrons. The van der Waals surface area contributed by atoms with Crippen LogP contribution in [0.3, 0.4) is 0 Å². The van der Waals surface area contributed by atoms with Gasteiger partial charge in [0.1, 0.15) is 5.60 Å². The number of hydrogen-bond donors (Lipinski definition) is 0. The van der Waals surface area contributed by atoms with Gasteiger partial charge in [-0.2, -0.15) is 0 Å². The third-order valence-electron chi connectivity index (χ3n) is 5.37. The smallest absolute Gasteiger partial charge is 0.264 e. The minimum Gasteiger partial charge on any atom is -0.377 e. The Labute approximate surface area is 147 Å². The van der Waals surface area contributed by atoms with E-state index >= 15 is 0 Å². The fourth-order valence-electron chi connectivity index (χ4n) is 4.23. The molecule has 5 nitrogen and oxygen atoms in total. The van der Waals surface area contributed by atoms with Gasteiger partial charge in [0.25, 0.3) is 5.91 Å². The molecule has 0 saturated carbocycles. The second kappa shape index (κ2) is 7.12. The average molecular weight is 350 g/mol. The lowest BCUT2D eigenvalue weighted by Crippen LogP contribution is -2.46. The van der Waals surface area contributed by atoms with Crippen LogP contribution in [-0.4, -0.2) is 73.9 Å². The van der Waals surface area contributed by atoms with Crippen LogP contribution in [0.2, 0.25) is 0 Å². The van der Waals surface area contributed by atoms with Crippen molar-refractivity contribution in [1.29, 1.82) is 0 Å². The molecular formula is C18H26N2O3S. The Morgan fingerprint density at radius 1 is 1.33 bits per heavy atom. The van der Waals surface area contributed by atoms with Crippen LogP contribution in [-0.2, 0) is 9.47 Å². The molecule has 0 aliphatic carbocycles. The van der Waals surface area contributed by atoms with Crippen LogP contribution >= 0.6 is 11.3 Å². The highest BCUT2D eigenvalue weighted by Crippen LogP contribution is 2.34. The van der Waals surface area contributed by atoms with Gasteiger partial charge in [-0.05, 0) is 49.7 Å². The van der Waals surface area contributed by atoms with Crippen molar-refractivity contribution in [3.8, 4) is 0 Å². The number of likely N-dealkylation sites (tertiary alicyclic amines) is 1. The average Bonchev–Trinajstić information content (AvgIpc) is 3.30. The molecule has 4 rings (SSSR count). The van der Waals surface area contributed by atoms with E-state index in [0.29, 0.717) is 32.2 Å². The van der Waals surface area contributed by atoms with Gasteiger partial charge in [0.05, 0.1) is 31.2 Å². The van der Waals surface area contributed by atoms with Gasteiger partial charge in [-0.15, -0.1) is 11.3 Å². The minimum atomic E-state index is -0.312. The highest BCUT2D eigenvalue weighted by atomic mass is 32.1. The first-order valence-corrected chi connectivity index (χ1v) is 9.89. The second-order valence-corrected chi connectivity index (χ2v) is 8.28. The number of rotatable bonds is 3. The van der Waals surface area contributed by atoms with Gasteiger partial charge in [-0.25, -0.2) is 0 Å². The number of thiophene rings is 1. The summed E-state index contributed by atoms with van der Waals surface area (Å²) in [4.78, 5) is 18.0. The van der Waals surface area contributed by atoms with Crippen LogP contribution < -0.4 is 0 Å². The summed E-state index contributed by atoms with van der Waals surface area (Å²) >= 11 is 1.50. The summed E-state index contributed by atoms with van der Waals surface area (Å²) in [5.41, 5.74) is -0.312. The van der Waals surface area contributed by atoms with E-state index in [4.69, 9.17) is 9.47 Å². The molecule has 1 amide bonds. The molecular weight excluding hydrogens is 324 g/mol. The first-order valence-electron chi connectivity index (χ1n) is 9.01. The summed E-state index contributed by atoms with van der Waals surface area (Å²) in [6.45, 7) is 6.88. The lowest BCUT2D eigenvalue weighted by atomic mass is 9.94. The lowest BCUT2D eigenvalue weighted by molar-refractivity contribution is -0.0539. The van der Waals surface area contributed by atoms with E-state index in [1.807, 2.05) is 22.4 Å². The highest BCUT2D eigenvalue weighted by molar-refractivity contribution is 7.12. The highest BCUT2D eigenvalue weighted by Gasteiger charge is 2.44. The quantitative estimate of drug-likeness (QED) is 0.837. The van der Waals surface area contributed by atoms with Crippen LogP contribution in [0, 0.1) is 5.92 Å². The molecule has 1 spiro atoms. The van der Waals surface area contributed by atoms with Gasteiger partial charge in [-0.3, -0.25) is 4.79 Å². The minimum absolute atomic E-state index is 0.112. The van der Waals surface area contributed by atoms with Gasteiger partial charge in [0.2, 0.25) is 0 Å². The van der Waals surface area contributed by atoms with Crippen LogP contribution in [0.15, 0.2) is 17.5 Å². The third kappa shape index (κ3) is 3.52. The zero-order chi connectivity index (χ0) is 16.4. The summed E-state index contributed by atoms with van der Waals surface area (Å²) in [5, 5.41) is 1.95. The van der Waals surface area contributed by atoms with Crippen molar-refractivity contribution >= 4 is 17.2 Å². The summed E-state index contributed by atoms with van der Waals surface area (Å²) in [5.74, 6) is 0.671. The Morgan fingerprint density at radius 3 is 3.00 bits per heavy atom. The Kier molecular flexibility index (Phi) is 4.90. The molecule has 3 saturated heterocycles. The van der Waals surface area contributed by atoms with Gasteiger partial charge in [0, 0.05) is 13.1 Å². The molecule has 0 unspecified atom stereocenters. The largest absolute Gasteiger partial charge is 0.377 e. The molecule has 1 aromatic heterocycles. The number of hydrogen-bond acceptors (Lipinski definition) is 5. The number of ether oxygens (including phenoxy) is 2. The maximum Gasteiger partial charge on any atom is 0.264 e. The van der Waals surface area contributed by atoms with Crippen LogP contribution in [0.25, 0.3) is 0 Å². The predicted octanol–water partition coefficient (Wildman–Crippen LogP) is 2.09. The fraction of sp³-hybridized carbons (Fsp3) is 0.722. The standard InChI is InChI=1S/C18H26N2O3S/c21-17(16-4-3-9-24-16)20-7-8-22-14-18(13-20)10-15(12-23-18)11-19-5-1-2-6-19/h3-4,9,15H,1-2,5-8,10-14H2/t15-,18+/m0/s1. The number of carbonyl (C=O) groups excluding carboxylic acids is 1. The van der Waals surface area contributed by atoms with Crippen molar-refractivity contribution in [1.82, 2.24) is 9.80 Å². The van der Waals surface area contributed by atoms with E-state index in [1.165, 1.54) is 37.3 Å². The van der Waals surface area contributed by atoms with E-state index in [9.17, 15) is 4.79 Å². The SMILES string of the molecule is O=C(c1cccs1)N1CCOC[C@@]2(C[C@@H](CN3CCCC3)CO2)C1.